The Balaban J connectivity index is 1.71. The summed E-state index contributed by atoms with van der Waals surface area (Å²) in [4.78, 5) is 16.1. The summed E-state index contributed by atoms with van der Waals surface area (Å²) < 4.78 is 5.39. The van der Waals surface area contributed by atoms with Crippen LogP contribution < -0.4 is 0 Å². The first kappa shape index (κ1) is 14.8. The van der Waals surface area contributed by atoms with Gasteiger partial charge >= 0.3 is 6.09 Å². The average Bonchev–Trinajstić information content (AvgIpc) is 2.88. The molecule has 0 aliphatic carbocycles. The maximum Gasteiger partial charge on any atom is 0.410 e. The topological polar surface area (TPSA) is 61.5 Å². The van der Waals surface area contributed by atoms with E-state index in [4.69, 9.17) is 4.74 Å². The Kier molecular flexibility index (Phi) is 4.65. The first-order chi connectivity index (χ1) is 9.44. The monoisotopic (exact) mass is 280 g/mol. The Morgan fingerprint density at radius 2 is 2.05 bits per heavy atom. The van der Waals surface area contributed by atoms with Gasteiger partial charge in [-0.05, 0) is 32.8 Å². The summed E-state index contributed by atoms with van der Waals surface area (Å²) in [7, 11) is 0. The van der Waals surface area contributed by atoms with Crippen molar-refractivity contribution in [1.82, 2.24) is 20.0 Å². The van der Waals surface area contributed by atoms with E-state index in [1.165, 1.54) is 5.56 Å². The Bertz CT molecular complexity index is 417. The van der Waals surface area contributed by atoms with Crippen LogP contribution in [0.5, 0.6) is 0 Å². The number of H-pyrrole nitrogens is 1. The molecule has 0 spiro atoms. The van der Waals surface area contributed by atoms with E-state index in [9.17, 15) is 4.79 Å². The second-order valence-corrected chi connectivity index (χ2v) is 6.17. The summed E-state index contributed by atoms with van der Waals surface area (Å²) in [6.45, 7) is 9.96. The highest BCUT2D eigenvalue weighted by Crippen LogP contribution is 2.12. The standard InChI is InChI=1S/C14H24N4O2/c1-14(2,3)20-13(19)18-8-6-17(7-9-18)5-4-12-10-15-16-11-12/h10-11H,4-9H2,1-3H3,(H,15,16). The minimum absolute atomic E-state index is 0.202. The van der Waals surface area contributed by atoms with Gasteiger partial charge in [-0.25, -0.2) is 4.79 Å². The van der Waals surface area contributed by atoms with E-state index in [-0.39, 0.29) is 6.09 Å². The number of piperazine rings is 1. The summed E-state index contributed by atoms with van der Waals surface area (Å²) in [5, 5.41) is 6.77. The first-order valence-corrected chi connectivity index (χ1v) is 7.12. The average molecular weight is 280 g/mol. The Morgan fingerprint density at radius 1 is 1.35 bits per heavy atom. The predicted octanol–water partition coefficient (Wildman–Crippen LogP) is 1.50. The van der Waals surface area contributed by atoms with E-state index < -0.39 is 5.60 Å². The molecule has 1 aliphatic heterocycles. The lowest BCUT2D eigenvalue weighted by molar-refractivity contribution is 0.0146. The van der Waals surface area contributed by atoms with Crippen molar-refractivity contribution in [2.45, 2.75) is 32.8 Å². The molecule has 1 saturated heterocycles. The molecule has 0 bridgehead atoms. The molecule has 112 valence electrons. The molecule has 0 unspecified atom stereocenters. The SMILES string of the molecule is CC(C)(C)OC(=O)N1CCN(CCc2cn[nH]c2)CC1. The molecule has 1 aromatic rings. The highest BCUT2D eigenvalue weighted by Gasteiger charge is 2.25. The van der Waals surface area contributed by atoms with Crippen molar-refractivity contribution < 1.29 is 9.53 Å². The number of aromatic amines is 1. The third-order valence-electron chi connectivity index (χ3n) is 3.30. The predicted molar refractivity (Wildman–Crippen MR) is 76.5 cm³/mol. The van der Waals surface area contributed by atoms with Crippen LogP contribution in [0.25, 0.3) is 0 Å². The Labute approximate surface area is 120 Å². The molecular formula is C14H24N4O2. The molecule has 0 atom stereocenters. The number of hydrogen-bond donors (Lipinski definition) is 1. The van der Waals surface area contributed by atoms with Gasteiger partial charge < -0.3 is 9.64 Å². The maximum absolute atomic E-state index is 11.9. The highest BCUT2D eigenvalue weighted by molar-refractivity contribution is 5.68. The minimum Gasteiger partial charge on any atom is -0.444 e. The summed E-state index contributed by atoms with van der Waals surface area (Å²) in [5.41, 5.74) is 0.801. The molecule has 6 nitrogen and oxygen atoms in total. The van der Waals surface area contributed by atoms with E-state index in [0.717, 1.165) is 39.1 Å². The highest BCUT2D eigenvalue weighted by atomic mass is 16.6. The first-order valence-electron chi connectivity index (χ1n) is 7.12. The second-order valence-electron chi connectivity index (χ2n) is 6.17. The van der Waals surface area contributed by atoms with Crippen molar-refractivity contribution in [3.05, 3.63) is 18.0 Å². The largest absolute Gasteiger partial charge is 0.444 e. The summed E-state index contributed by atoms with van der Waals surface area (Å²) in [5.74, 6) is 0. The molecule has 20 heavy (non-hydrogen) atoms. The fraction of sp³-hybridized carbons (Fsp3) is 0.714. The number of aromatic nitrogens is 2. The molecule has 1 N–H and O–H groups in total. The van der Waals surface area contributed by atoms with Crippen LogP contribution in [0, 0.1) is 0 Å². The number of hydrogen-bond acceptors (Lipinski definition) is 4. The molecule has 2 heterocycles. The molecule has 2 rings (SSSR count). The van der Waals surface area contributed by atoms with Crippen molar-refractivity contribution >= 4 is 6.09 Å². The van der Waals surface area contributed by atoms with Gasteiger partial charge in [-0.15, -0.1) is 0 Å². The van der Waals surface area contributed by atoms with Gasteiger partial charge in [0.25, 0.3) is 0 Å². The zero-order chi connectivity index (χ0) is 14.6. The summed E-state index contributed by atoms with van der Waals surface area (Å²) >= 11 is 0. The molecule has 0 saturated carbocycles. The van der Waals surface area contributed by atoms with Crippen LogP contribution in [0.1, 0.15) is 26.3 Å². The number of carbonyl (C=O) groups is 1. The van der Waals surface area contributed by atoms with Crippen LogP contribution in [0.4, 0.5) is 4.79 Å². The molecule has 1 aliphatic rings. The van der Waals surface area contributed by atoms with Crippen molar-refractivity contribution in [3.8, 4) is 0 Å². The molecule has 1 fully saturated rings. The van der Waals surface area contributed by atoms with E-state index in [1.807, 2.05) is 33.2 Å². The van der Waals surface area contributed by atoms with Gasteiger partial charge in [0.1, 0.15) is 5.60 Å². The van der Waals surface area contributed by atoms with Crippen LogP contribution in [0.15, 0.2) is 12.4 Å². The summed E-state index contributed by atoms with van der Waals surface area (Å²) in [6, 6.07) is 0. The normalized spacial score (nSPS) is 17.2. The van der Waals surface area contributed by atoms with Crippen molar-refractivity contribution in [2.75, 3.05) is 32.7 Å². The zero-order valence-electron chi connectivity index (χ0n) is 12.6. The Morgan fingerprint density at radius 3 is 2.60 bits per heavy atom. The van der Waals surface area contributed by atoms with E-state index >= 15 is 0 Å². The minimum atomic E-state index is -0.421. The molecule has 1 aromatic heterocycles. The van der Waals surface area contributed by atoms with Crippen LogP contribution in [-0.2, 0) is 11.2 Å². The van der Waals surface area contributed by atoms with Gasteiger partial charge in [0.05, 0.1) is 6.20 Å². The summed E-state index contributed by atoms with van der Waals surface area (Å²) in [6.07, 6.45) is 4.57. The van der Waals surface area contributed by atoms with Crippen LogP contribution in [-0.4, -0.2) is 64.4 Å². The van der Waals surface area contributed by atoms with Crippen LogP contribution in [0.3, 0.4) is 0 Å². The maximum atomic E-state index is 11.9. The lowest BCUT2D eigenvalue weighted by Crippen LogP contribution is -2.50. The van der Waals surface area contributed by atoms with Crippen molar-refractivity contribution in [2.24, 2.45) is 0 Å². The van der Waals surface area contributed by atoms with Gasteiger partial charge in [-0.2, -0.15) is 5.10 Å². The number of nitrogens with one attached hydrogen (secondary N) is 1. The zero-order valence-corrected chi connectivity index (χ0v) is 12.6. The quantitative estimate of drug-likeness (QED) is 0.911. The van der Waals surface area contributed by atoms with Gasteiger partial charge in [-0.1, -0.05) is 0 Å². The van der Waals surface area contributed by atoms with E-state index in [0.29, 0.717) is 0 Å². The number of nitrogens with zero attached hydrogens (tertiary/aromatic N) is 3. The van der Waals surface area contributed by atoms with Gasteiger partial charge in [-0.3, -0.25) is 10.00 Å². The van der Waals surface area contributed by atoms with Gasteiger partial charge in [0.15, 0.2) is 0 Å². The number of amides is 1. The second kappa shape index (κ2) is 6.26. The fourth-order valence-electron chi connectivity index (χ4n) is 2.18. The van der Waals surface area contributed by atoms with Crippen molar-refractivity contribution in [1.29, 1.82) is 0 Å². The molecule has 0 aromatic carbocycles. The van der Waals surface area contributed by atoms with Crippen LogP contribution in [0.2, 0.25) is 0 Å². The lowest BCUT2D eigenvalue weighted by Gasteiger charge is -2.35. The van der Waals surface area contributed by atoms with Crippen LogP contribution >= 0.6 is 0 Å². The molecule has 6 heteroatoms. The van der Waals surface area contributed by atoms with Gasteiger partial charge in [0, 0.05) is 38.9 Å². The fourth-order valence-corrected chi connectivity index (χ4v) is 2.18. The van der Waals surface area contributed by atoms with E-state index in [2.05, 4.69) is 15.1 Å². The third-order valence-corrected chi connectivity index (χ3v) is 3.30. The molecule has 1 amide bonds. The smallest absolute Gasteiger partial charge is 0.410 e. The van der Waals surface area contributed by atoms with E-state index in [1.54, 1.807) is 4.90 Å². The Hall–Kier alpha value is -1.56. The number of ether oxygens (including phenoxy) is 1. The molecule has 0 radical (unpaired) electrons. The third kappa shape index (κ3) is 4.52. The number of carbonyl (C=O) groups excluding carboxylic acids is 1. The van der Waals surface area contributed by atoms with Crippen molar-refractivity contribution in [3.63, 3.8) is 0 Å². The lowest BCUT2D eigenvalue weighted by atomic mass is 10.2. The van der Waals surface area contributed by atoms with Gasteiger partial charge in [0.2, 0.25) is 0 Å². The molecular weight excluding hydrogens is 256 g/mol. The number of rotatable bonds is 3.